The van der Waals surface area contributed by atoms with Crippen LogP contribution in [-0.4, -0.2) is 16.2 Å². The maximum Gasteiger partial charge on any atom is 1.00 e. The van der Waals surface area contributed by atoms with E-state index in [-0.39, 0.29) is 29.6 Å². The van der Waals surface area contributed by atoms with Crippen molar-refractivity contribution < 1.29 is 44.6 Å². The molecule has 0 atom stereocenters. The van der Waals surface area contributed by atoms with E-state index in [0.717, 1.165) is 13.5 Å². The fraction of sp³-hybridized carbons (Fsp3) is 0.500. The van der Waals surface area contributed by atoms with E-state index in [4.69, 9.17) is 15.0 Å². The summed E-state index contributed by atoms with van der Waals surface area (Å²) in [5.74, 6) is -0.833. The summed E-state index contributed by atoms with van der Waals surface area (Å²) in [6.07, 6.45) is 0. The molecule has 0 rings (SSSR count). The Balaban J connectivity index is -0.0000000575. The smallest absolute Gasteiger partial charge is 0.566 e. The second-order valence-corrected chi connectivity index (χ2v) is 0.777. The number of carbonyl (C=O) groups is 1. The van der Waals surface area contributed by atoms with Crippen molar-refractivity contribution in [1.29, 1.82) is 0 Å². The van der Waals surface area contributed by atoms with Gasteiger partial charge in [-0.15, -0.1) is 0 Å². The van der Waals surface area contributed by atoms with Crippen LogP contribution in [0.4, 0.5) is 0 Å². The van der Waals surface area contributed by atoms with Crippen LogP contribution in [0.25, 0.3) is 0 Å². The van der Waals surface area contributed by atoms with Gasteiger partial charge in [0.25, 0.3) is 5.97 Å². The minimum absolute atomic E-state index is 0. The van der Waals surface area contributed by atoms with Crippen LogP contribution in [0.5, 0.6) is 0 Å². The third kappa shape index (κ3) is 1030. The molecular weight excluding hydrogens is 119 g/mol. The first-order chi connectivity index (χ1) is 3.15. The molecule has 0 amide bonds. The fourth-order valence-electron chi connectivity index (χ4n) is 0. The summed E-state index contributed by atoms with van der Waals surface area (Å²) < 4.78 is 0. The number of carboxylic acids is 1. The maximum absolute atomic E-state index is 9.00. The molecule has 44 valence electrons. The molecule has 3 nitrogen and oxygen atoms in total. The standard InChI is InChI=1S/C2H4O2.C2H5O.Na/c1-2(3)4;1-2-3;/h1H3,(H,3,4);2-3H,1H3;/q;-1;+1. The number of hydrogen-bond acceptors (Lipinski definition) is 2. The fourth-order valence-corrected chi connectivity index (χ4v) is 0. The molecule has 0 aromatic heterocycles. The Morgan fingerprint density at radius 3 is 1.62 bits per heavy atom. The van der Waals surface area contributed by atoms with Crippen molar-refractivity contribution in [2.75, 3.05) is 0 Å². The molecule has 0 aliphatic heterocycles. The minimum atomic E-state index is -0.833. The minimum Gasteiger partial charge on any atom is -0.566 e. The van der Waals surface area contributed by atoms with Gasteiger partial charge in [0.1, 0.15) is 0 Å². The van der Waals surface area contributed by atoms with Crippen LogP contribution in [0, 0.1) is 6.61 Å². The van der Waals surface area contributed by atoms with Crippen molar-refractivity contribution in [2.24, 2.45) is 0 Å². The summed E-state index contributed by atoms with van der Waals surface area (Å²) in [5, 5.41) is 14.9. The van der Waals surface area contributed by atoms with Gasteiger partial charge < -0.3 is 10.2 Å². The second-order valence-electron chi connectivity index (χ2n) is 0.777. The van der Waals surface area contributed by atoms with Gasteiger partial charge in [-0.2, -0.15) is 6.92 Å². The summed E-state index contributed by atoms with van der Waals surface area (Å²) in [6, 6.07) is 0. The summed E-state index contributed by atoms with van der Waals surface area (Å²) >= 11 is 0. The van der Waals surface area contributed by atoms with E-state index in [1.54, 1.807) is 6.92 Å². The zero-order chi connectivity index (χ0) is 6.28. The molecule has 0 saturated heterocycles. The Hall–Kier alpha value is 0.430. The van der Waals surface area contributed by atoms with Crippen LogP contribution in [0.15, 0.2) is 0 Å². The third-order valence-electron chi connectivity index (χ3n) is 0. The number of hydrogen-bond donors (Lipinski definition) is 2. The van der Waals surface area contributed by atoms with Gasteiger partial charge in [0.05, 0.1) is 0 Å². The zero-order valence-corrected chi connectivity index (χ0v) is 7.38. The molecule has 0 aromatic rings. The molecule has 0 aromatic carbocycles. The Bertz CT molecular complexity index is 42.5. The van der Waals surface area contributed by atoms with Crippen LogP contribution >= 0.6 is 0 Å². The molecule has 0 unspecified atom stereocenters. The van der Waals surface area contributed by atoms with Gasteiger partial charge in [0.15, 0.2) is 0 Å². The first-order valence-corrected chi connectivity index (χ1v) is 1.76. The van der Waals surface area contributed by atoms with E-state index in [2.05, 4.69) is 0 Å². The van der Waals surface area contributed by atoms with E-state index in [9.17, 15) is 0 Å². The first kappa shape index (κ1) is 15.8. The van der Waals surface area contributed by atoms with Gasteiger partial charge in [0.2, 0.25) is 0 Å². The molecule has 0 aliphatic rings. The van der Waals surface area contributed by atoms with Crippen LogP contribution in [-0.2, 0) is 4.79 Å². The maximum atomic E-state index is 9.00. The van der Waals surface area contributed by atoms with Gasteiger partial charge >= 0.3 is 29.6 Å². The number of aliphatic carboxylic acids is 1. The number of aliphatic hydroxyl groups is 1. The normalized spacial score (nSPS) is 5.38. The summed E-state index contributed by atoms with van der Waals surface area (Å²) in [4.78, 5) is 9.00. The van der Waals surface area contributed by atoms with Crippen molar-refractivity contribution in [1.82, 2.24) is 0 Å². The van der Waals surface area contributed by atoms with E-state index in [0.29, 0.717) is 0 Å². The molecule has 0 spiro atoms. The average molecular weight is 128 g/mol. The molecule has 0 radical (unpaired) electrons. The van der Waals surface area contributed by atoms with Crippen LogP contribution in [0.3, 0.4) is 0 Å². The molecule has 0 aliphatic carbocycles. The van der Waals surface area contributed by atoms with E-state index in [1.165, 1.54) is 0 Å². The Labute approximate surface area is 71.0 Å². The largest absolute Gasteiger partial charge is 1.00 e. The summed E-state index contributed by atoms with van der Waals surface area (Å²) in [6.45, 7) is 3.64. The van der Waals surface area contributed by atoms with Gasteiger partial charge in [-0.3, -0.25) is 4.79 Å². The predicted molar refractivity (Wildman–Crippen MR) is 25.2 cm³/mol. The summed E-state index contributed by atoms with van der Waals surface area (Å²) in [7, 11) is 0. The third-order valence-corrected chi connectivity index (χ3v) is 0. The van der Waals surface area contributed by atoms with Crippen molar-refractivity contribution >= 4 is 5.97 Å². The molecule has 0 saturated carbocycles. The summed E-state index contributed by atoms with van der Waals surface area (Å²) in [5.41, 5.74) is 0. The molecule has 0 heterocycles. The topological polar surface area (TPSA) is 57.5 Å². The van der Waals surface area contributed by atoms with Crippen LogP contribution in [0.1, 0.15) is 13.8 Å². The zero-order valence-electron chi connectivity index (χ0n) is 5.38. The van der Waals surface area contributed by atoms with Gasteiger partial charge in [-0.1, -0.05) is 0 Å². The molecule has 0 bridgehead atoms. The monoisotopic (exact) mass is 128 g/mol. The second kappa shape index (κ2) is 15.7. The molecule has 2 N–H and O–H groups in total. The molecule has 4 heteroatoms. The molecular formula is C4H9NaO3. The first-order valence-electron chi connectivity index (χ1n) is 1.76. The number of rotatable bonds is 0. The van der Waals surface area contributed by atoms with E-state index in [1.807, 2.05) is 0 Å². The Morgan fingerprint density at radius 1 is 1.62 bits per heavy atom. The van der Waals surface area contributed by atoms with Crippen molar-refractivity contribution in [2.45, 2.75) is 13.8 Å². The van der Waals surface area contributed by atoms with Crippen molar-refractivity contribution in [3.8, 4) is 0 Å². The predicted octanol–water partition coefficient (Wildman–Crippen LogP) is -2.36. The average Bonchev–Trinajstić information content (AvgIpc) is 1.33. The van der Waals surface area contributed by atoms with Crippen LogP contribution < -0.4 is 29.6 Å². The molecule has 0 fully saturated rings. The van der Waals surface area contributed by atoms with Crippen molar-refractivity contribution in [3.63, 3.8) is 0 Å². The number of aliphatic hydroxyl groups excluding tert-OH is 1. The van der Waals surface area contributed by atoms with E-state index >= 15 is 0 Å². The van der Waals surface area contributed by atoms with Gasteiger partial charge in [-0.05, 0) is 0 Å². The van der Waals surface area contributed by atoms with E-state index < -0.39 is 5.97 Å². The van der Waals surface area contributed by atoms with Gasteiger partial charge in [-0.25, -0.2) is 6.61 Å². The quantitative estimate of drug-likeness (QED) is 0.283. The molecule has 8 heavy (non-hydrogen) atoms. The number of carboxylic acid groups (broad SMARTS) is 1. The Morgan fingerprint density at radius 2 is 1.62 bits per heavy atom. The Kier molecular flexibility index (Phi) is 30.9. The SMILES string of the molecule is CC(=O)O.C[CH-]O.[Na+]. The van der Waals surface area contributed by atoms with Gasteiger partial charge in [0, 0.05) is 6.92 Å². The van der Waals surface area contributed by atoms with Crippen LogP contribution in [0.2, 0.25) is 0 Å². The van der Waals surface area contributed by atoms with Crippen molar-refractivity contribution in [3.05, 3.63) is 6.61 Å².